The smallest absolute Gasteiger partial charge is 0.111 e. The first-order valence-corrected chi connectivity index (χ1v) is 22.3. The van der Waals surface area contributed by atoms with Crippen LogP contribution in [0.2, 0.25) is 0 Å². The molecule has 0 bridgehead atoms. The first kappa shape index (κ1) is 38.9. The summed E-state index contributed by atoms with van der Waals surface area (Å²) in [5, 5.41) is 3.93. The molecule has 1 atom stereocenters. The molecule has 0 spiro atoms. The zero-order valence-electron chi connectivity index (χ0n) is 35.8. The monoisotopic (exact) mass is 821 g/mol. The zero-order valence-corrected chi connectivity index (χ0v) is 35.8. The van der Waals surface area contributed by atoms with Gasteiger partial charge in [-0.15, -0.1) is 0 Å². The highest BCUT2D eigenvalue weighted by Gasteiger charge is 2.20. The van der Waals surface area contributed by atoms with Crippen molar-refractivity contribution in [2.45, 2.75) is 25.8 Å². The summed E-state index contributed by atoms with van der Waals surface area (Å²) in [7, 11) is 0. The minimum atomic E-state index is -0.000754. The first-order chi connectivity index (χ1) is 31.6. The summed E-state index contributed by atoms with van der Waals surface area (Å²) >= 11 is 0. The van der Waals surface area contributed by atoms with Crippen molar-refractivity contribution in [3.05, 3.63) is 259 Å². The number of rotatable bonds is 9. The summed E-state index contributed by atoms with van der Waals surface area (Å²) in [4.78, 5) is 4.78. The molecule has 8 aromatic carbocycles. The van der Waals surface area contributed by atoms with Gasteiger partial charge < -0.3 is 5.32 Å². The van der Waals surface area contributed by atoms with Gasteiger partial charge in [-0.2, -0.15) is 0 Å². The van der Waals surface area contributed by atoms with Gasteiger partial charge in [0.2, 0.25) is 0 Å². The molecule has 64 heavy (non-hydrogen) atoms. The lowest BCUT2D eigenvalue weighted by atomic mass is 9.88. The fraction of sp³-hybridized carbons (Fsp3) is 0.0656. The Labute approximate surface area is 375 Å². The maximum atomic E-state index is 4.78. The SMILES string of the molecule is Cc1nc2ccccc2n1-c1ccc(-c2cccc(-c3cccc(-c4cccc(C5=CC(c6cc(C7=CCCC=C7)cc(-c7ccccc7)c6)=CC(c6ccccc6)N5)c4)c3)c2)cc1. The van der Waals surface area contributed by atoms with Gasteiger partial charge in [0.1, 0.15) is 5.82 Å². The molecule has 0 saturated heterocycles. The van der Waals surface area contributed by atoms with Crippen LogP contribution in [0.1, 0.15) is 47.0 Å². The molecule has 0 fully saturated rings. The second-order valence-electron chi connectivity index (χ2n) is 16.8. The van der Waals surface area contributed by atoms with Gasteiger partial charge in [0.15, 0.2) is 0 Å². The van der Waals surface area contributed by atoms with Crippen molar-refractivity contribution in [3.63, 3.8) is 0 Å². The normalized spacial score (nSPS) is 14.7. The average Bonchev–Trinajstić information content (AvgIpc) is 3.72. The third-order valence-corrected chi connectivity index (χ3v) is 12.6. The minimum Gasteiger partial charge on any atom is -0.374 e. The van der Waals surface area contributed by atoms with Crippen molar-refractivity contribution < 1.29 is 0 Å². The Balaban J connectivity index is 0.920. The van der Waals surface area contributed by atoms with Crippen LogP contribution in [0.5, 0.6) is 0 Å². The van der Waals surface area contributed by atoms with E-state index in [9.17, 15) is 0 Å². The highest BCUT2D eigenvalue weighted by Crippen LogP contribution is 2.38. The molecule has 1 aromatic heterocycles. The van der Waals surface area contributed by atoms with Crippen molar-refractivity contribution in [1.82, 2.24) is 14.9 Å². The van der Waals surface area contributed by atoms with Gasteiger partial charge in [0.05, 0.1) is 17.1 Å². The Morgan fingerprint density at radius 2 is 1.00 bits per heavy atom. The first-order valence-electron chi connectivity index (χ1n) is 22.3. The molecule has 2 heterocycles. The molecule has 0 amide bonds. The number of para-hydroxylation sites is 2. The van der Waals surface area contributed by atoms with Crippen molar-refractivity contribution in [2.75, 3.05) is 0 Å². The van der Waals surface area contributed by atoms with Crippen LogP contribution in [0.3, 0.4) is 0 Å². The van der Waals surface area contributed by atoms with E-state index in [1.165, 1.54) is 72.3 Å². The lowest BCUT2D eigenvalue weighted by molar-refractivity contribution is 0.767. The van der Waals surface area contributed by atoms with Gasteiger partial charge in [-0.1, -0.05) is 158 Å². The molecule has 1 N–H and O–H groups in total. The molecule has 3 heteroatoms. The number of aryl methyl sites for hydroxylation is 1. The Bertz CT molecular complexity index is 3290. The van der Waals surface area contributed by atoms with Gasteiger partial charge in [-0.25, -0.2) is 4.98 Å². The molecular formula is C61H47N3. The third kappa shape index (κ3) is 7.85. The van der Waals surface area contributed by atoms with Crippen LogP contribution in [0, 0.1) is 6.92 Å². The number of benzene rings is 8. The zero-order chi connectivity index (χ0) is 42.8. The van der Waals surface area contributed by atoms with Gasteiger partial charge in [0.25, 0.3) is 0 Å². The molecule has 306 valence electrons. The van der Waals surface area contributed by atoms with E-state index in [4.69, 9.17) is 4.98 Å². The standard InChI is InChI=1S/C61H47N3/c1-42-62-58-28-11-12-29-61(58)64(42)57-32-30-45(31-33-57)47-22-13-23-48(34-47)49-24-14-25-50(35-49)51-26-15-27-52(36-51)60-41-56(40-59(63-60)46-20-9-4-10-21-46)55-38-53(43-16-5-2-6-17-43)37-54(39-55)44-18-7-3-8-19-44/h2,4-7,9-41,59,63H,3,8H2,1H3. The Morgan fingerprint density at radius 1 is 0.469 bits per heavy atom. The molecule has 9 aromatic rings. The van der Waals surface area contributed by atoms with Crippen LogP contribution in [0.15, 0.2) is 231 Å². The van der Waals surface area contributed by atoms with Crippen molar-refractivity contribution >= 4 is 27.9 Å². The van der Waals surface area contributed by atoms with E-state index >= 15 is 0 Å². The predicted octanol–water partition coefficient (Wildman–Crippen LogP) is 15.5. The van der Waals surface area contributed by atoms with Crippen LogP contribution < -0.4 is 5.32 Å². The van der Waals surface area contributed by atoms with Crippen LogP contribution in [0.25, 0.3) is 78.1 Å². The van der Waals surface area contributed by atoms with Crippen LogP contribution in [-0.4, -0.2) is 9.55 Å². The average molecular weight is 822 g/mol. The summed E-state index contributed by atoms with van der Waals surface area (Å²) in [6.07, 6.45) is 13.8. The van der Waals surface area contributed by atoms with Crippen molar-refractivity contribution in [2.24, 2.45) is 0 Å². The number of hydrogen-bond acceptors (Lipinski definition) is 2. The van der Waals surface area contributed by atoms with Gasteiger partial charge in [-0.3, -0.25) is 4.57 Å². The van der Waals surface area contributed by atoms with Crippen LogP contribution in [-0.2, 0) is 0 Å². The summed E-state index contributed by atoms with van der Waals surface area (Å²) in [5.41, 5.74) is 21.2. The Kier molecular flexibility index (Phi) is 10.4. The fourth-order valence-electron chi connectivity index (χ4n) is 9.30. The molecular weight excluding hydrogens is 775 g/mol. The van der Waals surface area contributed by atoms with E-state index in [-0.39, 0.29) is 6.04 Å². The summed E-state index contributed by atoms with van der Waals surface area (Å²) in [6, 6.07) is 72.5. The van der Waals surface area contributed by atoms with E-state index in [1.54, 1.807) is 0 Å². The lowest BCUT2D eigenvalue weighted by Gasteiger charge is -2.26. The van der Waals surface area contributed by atoms with Crippen molar-refractivity contribution in [1.29, 1.82) is 0 Å². The Hall–Kier alpha value is -8.01. The maximum Gasteiger partial charge on any atom is 0.111 e. The number of allylic oxidation sites excluding steroid dienone is 6. The number of fused-ring (bicyclic) bond motifs is 1. The molecule has 2 aliphatic rings. The molecule has 1 aliphatic heterocycles. The quantitative estimate of drug-likeness (QED) is 0.157. The maximum absolute atomic E-state index is 4.78. The number of aromatic nitrogens is 2. The van der Waals surface area contributed by atoms with Gasteiger partial charge in [-0.05, 0) is 170 Å². The van der Waals surface area contributed by atoms with E-state index in [0.717, 1.165) is 46.6 Å². The highest BCUT2D eigenvalue weighted by atomic mass is 15.1. The highest BCUT2D eigenvalue weighted by molar-refractivity contribution is 5.91. The number of hydrogen-bond donors (Lipinski definition) is 1. The molecule has 1 aliphatic carbocycles. The van der Waals surface area contributed by atoms with Gasteiger partial charge in [0, 0.05) is 11.4 Å². The molecule has 3 nitrogen and oxygen atoms in total. The summed E-state index contributed by atoms with van der Waals surface area (Å²) in [6.45, 7) is 2.07. The third-order valence-electron chi connectivity index (χ3n) is 12.6. The van der Waals surface area contributed by atoms with Gasteiger partial charge >= 0.3 is 0 Å². The van der Waals surface area contributed by atoms with Crippen LogP contribution in [0.4, 0.5) is 0 Å². The lowest BCUT2D eigenvalue weighted by Crippen LogP contribution is -2.21. The number of imidazole rings is 1. The second kappa shape index (κ2) is 17.0. The van der Waals surface area contributed by atoms with E-state index in [1.807, 2.05) is 6.07 Å². The second-order valence-corrected chi connectivity index (χ2v) is 16.8. The van der Waals surface area contributed by atoms with Crippen molar-refractivity contribution in [3.8, 4) is 50.2 Å². The number of nitrogens with one attached hydrogen (secondary N) is 1. The van der Waals surface area contributed by atoms with E-state index in [2.05, 4.69) is 241 Å². The van der Waals surface area contributed by atoms with E-state index in [0.29, 0.717) is 0 Å². The summed E-state index contributed by atoms with van der Waals surface area (Å²) < 4.78 is 2.22. The Morgan fingerprint density at radius 3 is 1.67 bits per heavy atom. The topological polar surface area (TPSA) is 29.9 Å². The molecule has 11 rings (SSSR count). The summed E-state index contributed by atoms with van der Waals surface area (Å²) in [5.74, 6) is 0.982. The number of nitrogens with zero attached hydrogens (tertiary/aromatic N) is 2. The molecule has 0 radical (unpaired) electrons. The van der Waals surface area contributed by atoms with Crippen LogP contribution >= 0.6 is 0 Å². The molecule has 1 unspecified atom stereocenters. The largest absolute Gasteiger partial charge is 0.374 e. The van der Waals surface area contributed by atoms with E-state index < -0.39 is 0 Å². The molecule has 0 saturated carbocycles. The predicted molar refractivity (Wildman–Crippen MR) is 269 cm³/mol. The number of dihydropyridines is 1. The fourth-order valence-corrected chi connectivity index (χ4v) is 9.30. The minimum absolute atomic E-state index is 0.000754.